The van der Waals surface area contributed by atoms with Crippen molar-refractivity contribution in [3.63, 3.8) is 0 Å². The molecule has 0 fully saturated rings. The molecule has 0 aromatic heterocycles. The molecule has 0 spiro atoms. The molecule has 42 valence electrons. The molecular weight excluding hydrogens is 115 g/mol. The Morgan fingerprint density at radius 3 is 1.14 bits per heavy atom. The Balaban J connectivity index is -0.0000000150. The third kappa shape index (κ3) is 3010. The zero-order chi connectivity index (χ0) is 3.58. The molecule has 0 atom stereocenters. The van der Waals surface area contributed by atoms with Gasteiger partial charge in [0.2, 0.25) is 0 Å². The summed E-state index contributed by atoms with van der Waals surface area (Å²) in [5.41, 5.74) is 0. The molecule has 6 heteroatoms. The van der Waals surface area contributed by atoms with E-state index in [1.54, 1.807) is 0 Å². The van der Waals surface area contributed by atoms with Crippen LogP contribution in [0, 0.1) is 0 Å². The Labute approximate surface area is 61.9 Å². The van der Waals surface area contributed by atoms with Gasteiger partial charge in [-0.2, -0.15) is 0 Å². The second-order valence-electron chi connectivity index (χ2n) is 0.283. The molecule has 0 saturated carbocycles. The van der Waals surface area contributed by atoms with Gasteiger partial charge in [-0.1, -0.05) is 0 Å². The van der Waals surface area contributed by atoms with Gasteiger partial charge in [-0.15, -0.1) is 0 Å². The van der Waals surface area contributed by atoms with Crippen LogP contribution in [0.15, 0.2) is 0 Å². The second kappa shape index (κ2) is 16.4. The summed E-state index contributed by atoms with van der Waals surface area (Å²) in [7, 11) is 0. The summed E-state index contributed by atoms with van der Waals surface area (Å²) in [6.45, 7) is 0. The Bertz CT molecular complexity index is 31.1. The first-order valence-corrected chi connectivity index (χ1v) is 0.651. The summed E-state index contributed by atoms with van der Waals surface area (Å²) in [5.74, 6) is 0. The van der Waals surface area contributed by atoms with Crippen LogP contribution in [-0.2, 0) is 0 Å². The second-order valence-corrected chi connectivity index (χ2v) is 0.283. The SMILES string of the molecule is O.O.O=C(O)O.[NaH]. The van der Waals surface area contributed by atoms with Crippen molar-refractivity contribution in [1.82, 2.24) is 0 Å². The van der Waals surface area contributed by atoms with Crippen LogP contribution in [0.1, 0.15) is 0 Å². The van der Waals surface area contributed by atoms with Crippen molar-refractivity contribution >= 4 is 35.7 Å². The van der Waals surface area contributed by atoms with Gasteiger partial charge in [-0.3, -0.25) is 0 Å². The summed E-state index contributed by atoms with van der Waals surface area (Å²) < 4.78 is 0. The minimum absolute atomic E-state index is 0. The molecule has 0 aliphatic rings. The first-order valence-electron chi connectivity index (χ1n) is 0.651. The van der Waals surface area contributed by atoms with Crippen LogP contribution in [0.2, 0.25) is 0 Å². The summed E-state index contributed by atoms with van der Waals surface area (Å²) in [4.78, 5) is 8.56. The Hall–Kier alpha value is 0.190. The van der Waals surface area contributed by atoms with Crippen LogP contribution in [0.3, 0.4) is 0 Å². The molecule has 0 saturated heterocycles. The fourth-order valence-electron chi connectivity index (χ4n) is 0. The summed E-state index contributed by atoms with van der Waals surface area (Å²) in [6.07, 6.45) is -1.83. The van der Waals surface area contributed by atoms with E-state index in [4.69, 9.17) is 15.0 Å². The van der Waals surface area contributed by atoms with Gasteiger partial charge in [0.25, 0.3) is 0 Å². The van der Waals surface area contributed by atoms with Gasteiger partial charge in [0.15, 0.2) is 0 Å². The third-order valence-corrected chi connectivity index (χ3v) is 0. The number of rotatable bonds is 0. The van der Waals surface area contributed by atoms with Gasteiger partial charge in [0.05, 0.1) is 0 Å². The molecule has 0 rings (SSSR count). The Kier molecular flexibility index (Phi) is 63.4. The maximum absolute atomic E-state index is 8.56. The molecule has 0 amide bonds. The van der Waals surface area contributed by atoms with Gasteiger partial charge in [-0.05, 0) is 0 Å². The van der Waals surface area contributed by atoms with Gasteiger partial charge < -0.3 is 21.2 Å². The van der Waals surface area contributed by atoms with Crippen LogP contribution in [0.25, 0.3) is 0 Å². The first-order chi connectivity index (χ1) is 1.73. The molecule has 7 heavy (non-hydrogen) atoms. The quantitative estimate of drug-likeness (QED) is 0.358. The Morgan fingerprint density at radius 1 is 1.14 bits per heavy atom. The average Bonchev–Trinajstić information content (AvgIpc) is 0.811. The van der Waals surface area contributed by atoms with E-state index in [1.807, 2.05) is 0 Å². The van der Waals surface area contributed by atoms with Gasteiger partial charge in [0, 0.05) is 0 Å². The standard InChI is InChI=1S/CH2O3.Na.2H2O.H/c2-1(3)4;;;;/h(H2,2,3,4);;2*1H2;. The summed E-state index contributed by atoms with van der Waals surface area (Å²) in [6, 6.07) is 0. The van der Waals surface area contributed by atoms with Gasteiger partial charge in [-0.25, -0.2) is 4.79 Å². The predicted octanol–water partition coefficient (Wildman–Crippen LogP) is -2.08. The van der Waals surface area contributed by atoms with Crippen LogP contribution < -0.4 is 0 Å². The monoisotopic (exact) mass is 122 g/mol. The van der Waals surface area contributed by atoms with E-state index in [0.29, 0.717) is 0 Å². The predicted molar refractivity (Wildman–Crippen MR) is 25.0 cm³/mol. The van der Waals surface area contributed by atoms with Crippen molar-refractivity contribution in [1.29, 1.82) is 0 Å². The third-order valence-electron chi connectivity index (χ3n) is 0. The zero-order valence-corrected chi connectivity index (χ0v) is 2.80. The van der Waals surface area contributed by atoms with Crippen molar-refractivity contribution in [2.24, 2.45) is 0 Å². The topological polar surface area (TPSA) is 121 Å². The molecule has 0 aliphatic carbocycles. The van der Waals surface area contributed by atoms with E-state index >= 15 is 0 Å². The van der Waals surface area contributed by atoms with Crippen molar-refractivity contribution in [3.8, 4) is 0 Å². The molecule has 0 aliphatic heterocycles. The number of carbonyl (C=O) groups is 1. The van der Waals surface area contributed by atoms with Crippen LogP contribution in [0.4, 0.5) is 4.79 Å². The van der Waals surface area contributed by atoms with Crippen LogP contribution in [0.5, 0.6) is 0 Å². The fourth-order valence-corrected chi connectivity index (χ4v) is 0. The normalized spacial score (nSPS) is 3.43. The van der Waals surface area contributed by atoms with E-state index in [0.717, 1.165) is 0 Å². The number of hydrogen-bond acceptors (Lipinski definition) is 1. The van der Waals surface area contributed by atoms with Crippen molar-refractivity contribution in [2.45, 2.75) is 0 Å². The molecule has 0 heterocycles. The van der Waals surface area contributed by atoms with Crippen molar-refractivity contribution in [2.75, 3.05) is 0 Å². The van der Waals surface area contributed by atoms with E-state index in [-0.39, 0.29) is 40.5 Å². The zero-order valence-electron chi connectivity index (χ0n) is 2.80. The summed E-state index contributed by atoms with van der Waals surface area (Å²) >= 11 is 0. The molecule has 0 unspecified atom stereocenters. The molecule has 5 nitrogen and oxygen atoms in total. The van der Waals surface area contributed by atoms with Gasteiger partial charge >= 0.3 is 35.7 Å². The van der Waals surface area contributed by atoms with Gasteiger partial charge in [0.1, 0.15) is 0 Å². The fraction of sp³-hybridized carbons (Fsp3) is 0. The number of hydrogen-bond donors (Lipinski definition) is 2. The maximum atomic E-state index is 8.56. The van der Waals surface area contributed by atoms with Crippen molar-refractivity contribution in [3.05, 3.63) is 0 Å². The Morgan fingerprint density at radius 2 is 1.14 bits per heavy atom. The average molecular weight is 122 g/mol. The molecule has 0 bridgehead atoms. The van der Waals surface area contributed by atoms with Crippen LogP contribution >= 0.6 is 0 Å². The molecule has 0 radical (unpaired) electrons. The summed E-state index contributed by atoms with van der Waals surface area (Å²) in [5, 5.41) is 13.9. The first kappa shape index (κ1) is 27.1. The van der Waals surface area contributed by atoms with E-state index in [1.165, 1.54) is 0 Å². The van der Waals surface area contributed by atoms with Crippen molar-refractivity contribution < 1.29 is 26.0 Å². The van der Waals surface area contributed by atoms with Crippen LogP contribution in [-0.4, -0.2) is 56.9 Å². The van der Waals surface area contributed by atoms with E-state index < -0.39 is 6.16 Å². The molecule has 0 aromatic rings. The molecule has 0 aromatic carbocycles. The van der Waals surface area contributed by atoms with E-state index in [2.05, 4.69) is 0 Å². The van der Waals surface area contributed by atoms with E-state index in [9.17, 15) is 0 Å². The number of carboxylic acid groups (broad SMARTS) is 2. The molecular formula is CH7NaO5. The minimum atomic E-state index is -1.83. The molecule has 6 N–H and O–H groups in total.